The molecule has 1 atom stereocenters. The molecule has 2 aromatic carbocycles. The van der Waals surface area contributed by atoms with Crippen molar-refractivity contribution >= 4 is 51.7 Å². The summed E-state index contributed by atoms with van der Waals surface area (Å²) in [5, 5.41) is 22.9. The number of carboxylic acids is 2. The highest BCUT2D eigenvalue weighted by Crippen LogP contribution is 2.32. The minimum absolute atomic E-state index is 0.137. The molecule has 4 N–H and O–H groups in total. The lowest BCUT2D eigenvalue weighted by Crippen LogP contribution is -2.49. The molecule has 1 aliphatic heterocycles. The number of carboxylic acid groups (broad SMARTS) is 2. The number of hydrogen-bond donors (Lipinski definition) is 4. The molecule has 4 rings (SSSR count). The van der Waals surface area contributed by atoms with E-state index in [1.165, 1.54) is 0 Å². The van der Waals surface area contributed by atoms with Crippen LogP contribution in [0.25, 0.3) is 10.9 Å². The molecule has 0 bridgehead atoms. The fourth-order valence-corrected chi connectivity index (χ4v) is 4.47. The quantitative estimate of drug-likeness (QED) is 0.385. The van der Waals surface area contributed by atoms with E-state index in [1.807, 2.05) is 29.2 Å². The van der Waals surface area contributed by atoms with Crippen molar-refractivity contribution in [2.24, 2.45) is 0 Å². The minimum Gasteiger partial charge on any atom is -0.481 e. The molecule has 10 heteroatoms. The average Bonchev–Trinajstić information content (AvgIpc) is 3.21. The average molecular weight is 485 g/mol. The Labute approximate surface area is 200 Å². The van der Waals surface area contributed by atoms with Crippen LogP contribution < -0.4 is 10.2 Å². The topological polar surface area (TPSA) is 126 Å². The summed E-state index contributed by atoms with van der Waals surface area (Å²) < 4.78 is 0. The van der Waals surface area contributed by atoms with Gasteiger partial charge in [0.15, 0.2) is 0 Å². The van der Waals surface area contributed by atoms with Crippen molar-refractivity contribution in [1.82, 2.24) is 9.88 Å². The molecule has 1 amide bonds. The maximum atomic E-state index is 12.3. The number of benzene rings is 2. The summed E-state index contributed by atoms with van der Waals surface area (Å²) in [6, 6.07) is 11.9. The zero-order chi connectivity index (χ0) is 24.2. The number of aliphatic carboxylic acids is 2. The van der Waals surface area contributed by atoms with E-state index in [2.05, 4.69) is 15.2 Å². The maximum absolute atomic E-state index is 12.3. The molecule has 34 heavy (non-hydrogen) atoms. The summed E-state index contributed by atoms with van der Waals surface area (Å²) >= 11 is 6.11. The van der Waals surface area contributed by atoms with Crippen LogP contribution in [0.1, 0.15) is 24.4 Å². The third-order valence-corrected chi connectivity index (χ3v) is 6.18. The number of halogens is 1. The van der Waals surface area contributed by atoms with Gasteiger partial charge in [-0.15, -0.1) is 0 Å². The molecule has 1 aromatic heterocycles. The van der Waals surface area contributed by atoms with Crippen molar-refractivity contribution in [3.05, 3.63) is 59.2 Å². The lowest BCUT2D eigenvalue weighted by atomic mass is 10.0. The molecule has 3 aromatic rings. The number of nitrogens with one attached hydrogen (secondary N) is 2. The summed E-state index contributed by atoms with van der Waals surface area (Å²) in [5.41, 5.74) is 2.86. The molecule has 1 fully saturated rings. The molecule has 0 saturated carbocycles. The van der Waals surface area contributed by atoms with E-state index in [1.54, 1.807) is 24.4 Å². The van der Waals surface area contributed by atoms with Gasteiger partial charge in [-0.1, -0.05) is 17.7 Å². The van der Waals surface area contributed by atoms with Crippen LogP contribution in [-0.4, -0.2) is 64.1 Å². The molecule has 0 aliphatic carbocycles. The first-order valence-electron chi connectivity index (χ1n) is 10.9. The number of carbonyl (C=O) groups excluding carboxylic acids is 1. The first-order valence-corrected chi connectivity index (χ1v) is 11.3. The number of hydrogen-bond acceptors (Lipinski definition) is 5. The van der Waals surface area contributed by atoms with E-state index in [4.69, 9.17) is 16.7 Å². The minimum atomic E-state index is -1.04. The number of anilines is 2. The Hall–Kier alpha value is -3.56. The van der Waals surface area contributed by atoms with Gasteiger partial charge < -0.3 is 25.4 Å². The zero-order valence-electron chi connectivity index (χ0n) is 18.3. The van der Waals surface area contributed by atoms with Crippen molar-refractivity contribution in [1.29, 1.82) is 0 Å². The van der Waals surface area contributed by atoms with E-state index in [-0.39, 0.29) is 12.8 Å². The second kappa shape index (κ2) is 10.1. The maximum Gasteiger partial charge on any atom is 0.325 e. The molecule has 0 spiro atoms. The first-order chi connectivity index (χ1) is 16.3. The summed E-state index contributed by atoms with van der Waals surface area (Å²) in [5.74, 6) is -2.41. The standard InChI is InChI=1S/C24H25ClN4O5/c25-15-2-1-3-17(12-15)28-8-10-29(11-9-28)23(24(33)34)19-14-26-20-5-4-16(13-18(19)20)27-21(30)6-7-22(31)32/h1-5,12-14,23,26H,6-11H2,(H,27,30)(H,31,32)(H,33,34)/t23-/m0/s1. The fourth-order valence-electron chi connectivity index (χ4n) is 4.29. The molecule has 1 saturated heterocycles. The summed E-state index contributed by atoms with van der Waals surface area (Å²) in [6.07, 6.45) is 1.30. The number of amides is 1. The molecule has 2 heterocycles. The van der Waals surface area contributed by atoms with Gasteiger partial charge in [0.1, 0.15) is 6.04 Å². The third-order valence-electron chi connectivity index (χ3n) is 5.94. The number of aromatic amines is 1. The van der Waals surface area contributed by atoms with Crippen molar-refractivity contribution < 1.29 is 24.6 Å². The number of nitrogens with zero attached hydrogens (tertiary/aromatic N) is 2. The van der Waals surface area contributed by atoms with Crippen LogP contribution in [0, 0.1) is 0 Å². The summed E-state index contributed by atoms with van der Waals surface area (Å²) in [4.78, 5) is 42.3. The van der Waals surface area contributed by atoms with E-state index in [9.17, 15) is 19.5 Å². The Bertz CT molecular complexity index is 1220. The van der Waals surface area contributed by atoms with E-state index in [0.717, 1.165) is 11.2 Å². The fraction of sp³-hybridized carbons (Fsp3) is 0.292. The highest BCUT2D eigenvalue weighted by Gasteiger charge is 2.32. The van der Waals surface area contributed by atoms with Crippen LogP contribution in [0.2, 0.25) is 5.02 Å². The third kappa shape index (κ3) is 5.32. The van der Waals surface area contributed by atoms with Gasteiger partial charge in [-0.3, -0.25) is 19.3 Å². The summed E-state index contributed by atoms with van der Waals surface area (Å²) in [7, 11) is 0. The van der Waals surface area contributed by atoms with Gasteiger partial charge in [-0.05, 0) is 36.4 Å². The second-order valence-corrected chi connectivity index (χ2v) is 8.63. The Balaban J connectivity index is 1.52. The molecular weight excluding hydrogens is 460 g/mol. The van der Waals surface area contributed by atoms with Crippen molar-refractivity contribution in [2.45, 2.75) is 18.9 Å². The summed E-state index contributed by atoms with van der Waals surface area (Å²) in [6.45, 7) is 2.44. The van der Waals surface area contributed by atoms with Gasteiger partial charge in [-0.25, -0.2) is 0 Å². The SMILES string of the molecule is O=C(O)CCC(=O)Nc1ccc2[nH]cc([C@@H](C(=O)O)N3CCN(c4cccc(Cl)c4)CC3)c2c1. The predicted molar refractivity (Wildman–Crippen MR) is 129 cm³/mol. The van der Waals surface area contributed by atoms with E-state index < -0.39 is 23.9 Å². The lowest BCUT2D eigenvalue weighted by molar-refractivity contribution is -0.143. The normalized spacial score (nSPS) is 15.3. The monoisotopic (exact) mass is 484 g/mol. The van der Waals surface area contributed by atoms with Crippen LogP contribution in [0.4, 0.5) is 11.4 Å². The lowest BCUT2D eigenvalue weighted by Gasteiger charge is -2.38. The van der Waals surface area contributed by atoms with Gasteiger partial charge >= 0.3 is 11.9 Å². The Kier molecular flexibility index (Phi) is 7.04. The van der Waals surface area contributed by atoms with E-state index in [0.29, 0.717) is 47.8 Å². The molecule has 9 nitrogen and oxygen atoms in total. The molecular formula is C24H25ClN4O5. The Morgan fingerprint density at radius 3 is 2.47 bits per heavy atom. The number of fused-ring (bicyclic) bond motifs is 1. The van der Waals surface area contributed by atoms with Crippen LogP contribution in [-0.2, 0) is 14.4 Å². The predicted octanol–water partition coefficient (Wildman–Crippen LogP) is 3.57. The zero-order valence-corrected chi connectivity index (χ0v) is 19.1. The second-order valence-electron chi connectivity index (χ2n) is 8.19. The van der Waals surface area contributed by atoms with Crippen molar-refractivity contribution in [3.8, 4) is 0 Å². The van der Waals surface area contributed by atoms with Gasteiger partial charge in [0.25, 0.3) is 0 Å². The van der Waals surface area contributed by atoms with Crippen LogP contribution in [0.5, 0.6) is 0 Å². The molecule has 178 valence electrons. The van der Waals surface area contributed by atoms with Gasteiger partial charge in [-0.2, -0.15) is 0 Å². The van der Waals surface area contributed by atoms with Crippen LogP contribution >= 0.6 is 11.6 Å². The van der Waals surface area contributed by atoms with Crippen molar-refractivity contribution in [3.63, 3.8) is 0 Å². The number of aromatic nitrogens is 1. The largest absolute Gasteiger partial charge is 0.481 e. The number of H-pyrrole nitrogens is 1. The van der Waals surface area contributed by atoms with Gasteiger partial charge in [0.2, 0.25) is 5.91 Å². The van der Waals surface area contributed by atoms with Crippen LogP contribution in [0.15, 0.2) is 48.7 Å². The Morgan fingerprint density at radius 1 is 1.03 bits per heavy atom. The Morgan fingerprint density at radius 2 is 1.79 bits per heavy atom. The first kappa shape index (κ1) is 23.6. The number of piperazine rings is 1. The van der Waals surface area contributed by atoms with Gasteiger partial charge in [0, 0.05) is 71.7 Å². The number of rotatable bonds is 8. The number of carbonyl (C=O) groups is 3. The van der Waals surface area contributed by atoms with Gasteiger partial charge in [0.05, 0.1) is 6.42 Å². The highest BCUT2D eigenvalue weighted by atomic mass is 35.5. The van der Waals surface area contributed by atoms with Crippen molar-refractivity contribution in [2.75, 3.05) is 36.4 Å². The molecule has 1 aliphatic rings. The highest BCUT2D eigenvalue weighted by molar-refractivity contribution is 6.30. The van der Waals surface area contributed by atoms with Crippen LogP contribution in [0.3, 0.4) is 0 Å². The smallest absolute Gasteiger partial charge is 0.325 e. The molecule has 0 radical (unpaired) electrons. The molecule has 0 unspecified atom stereocenters. The van der Waals surface area contributed by atoms with E-state index >= 15 is 0 Å².